The summed E-state index contributed by atoms with van der Waals surface area (Å²) in [5, 5.41) is 3.97. The van der Waals surface area contributed by atoms with Gasteiger partial charge in [0, 0.05) is 16.1 Å². The Kier molecular flexibility index (Phi) is 5.71. The molecule has 0 bridgehead atoms. The van der Waals surface area contributed by atoms with Crippen molar-refractivity contribution in [1.82, 2.24) is 4.98 Å². The maximum atomic E-state index is 13.2. The largest absolute Gasteiger partial charge is 0.325 e. The molecule has 0 fully saturated rings. The van der Waals surface area contributed by atoms with Crippen molar-refractivity contribution in [2.75, 3.05) is 5.32 Å². The number of amides is 1. The average Bonchev–Trinajstić information content (AvgIpc) is 2.97. The number of nitrogens with zero attached hydrogens (tertiary/aromatic N) is 1. The van der Waals surface area contributed by atoms with E-state index in [-0.39, 0.29) is 18.1 Å². The van der Waals surface area contributed by atoms with Crippen LogP contribution in [0.1, 0.15) is 40.8 Å². The van der Waals surface area contributed by atoms with Gasteiger partial charge in [-0.05, 0) is 55.2 Å². The highest BCUT2D eigenvalue weighted by atomic mass is 32.1. The highest BCUT2D eigenvalue weighted by molar-refractivity contribution is 7.12. The molecule has 0 aliphatic heterocycles. The molecule has 0 atom stereocenters. The van der Waals surface area contributed by atoms with Crippen LogP contribution >= 0.6 is 11.3 Å². The summed E-state index contributed by atoms with van der Waals surface area (Å²) in [4.78, 5) is 18.2. The molecule has 0 aliphatic carbocycles. The summed E-state index contributed by atoms with van der Waals surface area (Å²) in [5.74, 6) is -0.0374. The van der Waals surface area contributed by atoms with Gasteiger partial charge in [0.1, 0.15) is 5.82 Å². The number of nitrogens with one attached hydrogen (secondary N) is 1. The van der Waals surface area contributed by atoms with Gasteiger partial charge in [0.15, 0.2) is 0 Å². The van der Waals surface area contributed by atoms with Gasteiger partial charge in [-0.15, -0.1) is 11.3 Å². The minimum atomic E-state index is -0.286. The molecular formula is C22H23FN2OS. The molecule has 1 amide bonds. The lowest BCUT2D eigenvalue weighted by Crippen LogP contribution is -2.16. The monoisotopic (exact) mass is 382 g/mol. The fraction of sp³-hybridized carbons (Fsp3) is 0.273. The smallest absolute Gasteiger partial charge is 0.229 e. The second kappa shape index (κ2) is 8.01. The summed E-state index contributed by atoms with van der Waals surface area (Å²) in [5.41, 5.74) is 4.64. The lowest BCUT2D eigenvalue weighted by molar-refractivity contribution is -0.115. The van der Waals surface area contributed by atoms with Gasteiger partial charge in [-0.2, -0.15) is 0 Å². The molecule has 5 heteroatoms. The van der Waals surface area contributed by atoms with Crippen LogP contribution in [0.25, 0.3) is 11.3 Å². The van der Waals surface area contributed by atoms with E-state index in [1.54, 1.807) is 12.1 Å². The van der Waals surface area contributed by atoms with Crippen LogP contribution in [0.4, 0.5) is 10.1 Å². The molecule has 3 aromatic rings. The maximum absolute atomic E-state index is 13.2. The van der Waals surface area contributed by atoms with Gasteiger partial charge in [-0.1, -0.05) is 32.0 Å². The molecule has 1 N–H and O–H groups in total. The molecule has 3 nitrogen and oxygen atoms in total. The molecule has 0 spiro atoms. The van der Waals surface area contributed by atoms with Crippen LogP contribution in [0.15, 0.2) is 42.5 Å². The molecule has 1 aromatic heterocycles. The van der Waals surface area contributed by atoms with E-state index in [1.807, 2.05) is 32.0 Å². The predicted octanol–water partition coefficient (Wildman–Crippen LogP) is 5.87. The number of aryl methyl sites for hydroxylation is 2. The molecule has 0 radical (unpaired) electrons. The van der Waals surface area contributed by atoms with E-state index in [2.05, 4.69) is 24.1 Å². The number of para-hydroxylation sites is 1. The van der Waals surface area contributed by atoms with E-state index >= 15 is 0 Å². The standard InChI is InChI=1S/C22H23FN2OS/c1-13(2)18-7-5-6-14(3)21(18)25-20(26)12-19-22(24-15(4)27-19)16-8-10-17(23)11-9-16/h5-11,13H,12H2,1-4H3,(H,25,26). The van der Waals surface area contributed by atoms with Gasteiger partial charge in [0.05, 0.1) is 17.1 Å². The van der Waals surface area contributed by atoms with Crippen molar-refractivity contribution in [2.45, 2.75) is 40.0 Å². The second-order valence-corrected chi connectivity index (χ2v) is 8.22. The summed E-state index contributed by atoms with van der Waals surface area (Å²) in [6.45, 7) is 8.15. The van der Waals surface area contributed by atoms with Gasteiger partial charge >= 0.3 is 0 Å². The summed E-state index contributed by atoms with van der Waals surface area (Å²) in [6.07, 6.45) is 0.240. The first kappa shape index (κ1) is 19.2. The maximum Gasteiger partial charge on any atom is 0.229 e. The summed E-state index contributed by atoms with van der Waals surface area (Å²) in [7, 11) is 0. The predicted molar refractivity (Wildman–Crippen MR) is 110 cm³/mol. The first-order valence-corrected chi connectivity index (χ1v) is 9.78. The van der Waals surface area contributed by atoms with E-state index in [4.69, 9.17) is 0 Å². The Morgan fingerprint density at radius 1 is 1.15 bits per heavy atom. The van der Waals surface area contributed by atoms with Crippen molar-refractivity contribution < 1.29 is 9.18 Å². The van der Waals surface area contributed by atoms with Crippen molar-refractivity contribution >= 4 is 22.9 Å². The highest BCUT2D eigenvalue weighted by Gasteiger charge is 2.17. The Balaban J connectivity index is 1.85. The first-order valence-electron chi connectivity index (χ1n) is 8.96. The number of thiazole rings is 1. The van der Waals surface area contributed by atoms with Crippen LogP contribution in [-0.4, -0.2) is 10.9 Å². The van der Waals surface area contributed by atoms with E-state index in [9.17, 15) is 9.18 Å². The fourth-order valence-corrected chi connectivity index (χ4v) is 4.05. The van der Waals surface area contributed by atoms with Crippen LogP contribution in [0.3, 0.4) is 0 Å². The van der Waals surface area contributed by atoms with Crippen molar-refractivity contribution in [3.63, 3.8) is 0 Å². The van der Waals surface area contributed by atoms with Crippen molar-refractivity contribution in [3.8, 4) is 11.3 Å². The van der Waals surface area contributed by atoms with Crippen LogP contribution in [0.5, 0.6) is 0 Å². The number of carbonyl (C=O) groups excluding carboxylic acids is 1. The molecule has 0 saturated carbocycles. The molecule has 2 aromatic carbocycles. The fourth-order valence-electron chi connectivity index (χ4n) is 3.09. The third-order valence-corrected chi connectivity index (χ3v) is 5.41. The molecule has 1 heterocycles. The van der Waals surface area contributed by atoms with Gasteiger partial charge in [0.25, 0.3) is 0 Å². The number of benzene rings is 2. The number of anilines is 1. The second-order valence-electron chi connectivity index (χ2n) is 6.93. The van der Waals surface area contributed by atoms with Crippen LogP contribution in [-0.2, 0) is 11.2 Å². The van der Waals surface area contributed by atoms with Crippen LogP contribution in [0.2, 0.25) is 0 Å². The number of carbonyl (C=O) groups is 1. The zero-order valence-electron chi connectivity index (χ0n) is 16.0. The zero-order valence-corrected chi connectivity index (χ0v) is 16.8. The number of hydrogen-bond acceptors (Lipinski definition) is 3. The lowest BCUT2D eigenvalue weighted by atomic mass is 9.98. The van der Waals surface area contributed by atoms with Crippen LogP contribution < -0.4 is 5.32 Å². The molecule has 3 rings (SSSR count). The minimum Gasteiger partial charge on any atom is -0.325 e. The SMILES string of the molecule is Cc1nc(-c2ccc(F)cc2)c(CC(=O)Nc2c(C)cccc2C(C)C)s1. The van der Waals surface area contributed by atoms with E-state index in [0.29, 0.717) is 5.92 Å². The molecule has 0 unspecified atom stereocenters. The number of aromatic nitrogens is 1. The summed E-state index contributed by atoms with van der Waals surface area (Å²) >= 11 is 1.50. The Bertz CT molecular complexity index is 961. The van der Waals surface area contributed by atoms with Crippen molar-refractivity contribution in [3.05, 3.63) is 69.3 Å². The molecule has 27 heavy (non-hydrogen) atoms. The van der Waals surface area contributed by atoms with Gasteiger partial charge < -0.3 is 5.32 Å². The lowest BCUT2D eigenvalue weighted by Gasteiger charge is -2.16. The molecular weight excluding hydrogens is 359 g/mol. The summed E-state index contributed by atoms with van der Waals surface area (Å²) < 4.78 is 13.2. The summed E-state index contributed by atoms with van der Waals surface area (Å²) in [6, 6.07) is 12.3. The Hall–Kier alpha value is -2.53. The third-order valence-electron chi connectivity index (χ3n) is 4.43. The topological polar surface area (TPSA) is 42.0 Å². The highest BCUT2D eigenvalue weighted by Crippen LogP contribution is 2.30. The molecule has 0 saturated heterocycles. The number of hydrogen-bond donors (Lipinski definition) is 1. The number of halogens is 1. The quantitative estimate of drug-likeness (QED) is 0.599. The van der Waals surface area contributed by atoms with Crippen molar-refractivity contribution in [1.29, 1.82) is 0 Å². The van der Waals surface area contributed by atoms with E-state index in [0.717, 1.165) is 38.0 Å². The minimum absolute atomic E-state index is 0.0711. The number of rotatable bonds is 5. The van der Waals surface area contributed by atoms with Crippen molar-refractivity contribution in [2.24, 2.45) is 0 Å². The Labute approximate surface area is 163 Å². The average molecular weight is 383 g/mol. The normalized spacial score (nSPS) is 11.0. The van der Waals surface area contributed by atoms with Crippen LogP contribution in [0, 0.1) is 19.7 Å². The zero-order chi connectivity index (χ0) is 19.6. The molecule has 140 valence electrons. The Morgan fingerprint density at radius 3 is 2.52 bits per heavy atom. The van der Waals surface area contributed by atoms with Gasteiger partial charge in [-0.3, -0.25) is 4.79 Å². The Morgan fingerprint density at radius 2 is 1.85 bits per heavy atom. The molecule has 0 aliphatic rings. The van der Waals surface area contributed by atoms with Gasteiger partial charge in [-0.25, -0.2) is 9.37 Å². The van der Waals surface area contributed by atoms with Gasteiger partial charge in [0.2, 0.25) is 5.91 Å². The van der Waals surface area contributed by atoms with E-state index in [1.165, 1.54) is 23.5 Å². The third kappa shape index (κ3) is 4.42. The first-order chi connectivity index (χ1) is 12.8. The van der Waals surface area contributed by atoms with E-state index < -0.39 is 0 Å².